The molecule has 7 heteroatoms. The molecule has 6 nitrogen and oxygen atoms in total. The van der Waals surface area contributed by atoms with E-state index in [1.807, 2.05) is 0 Å². The van der Waals surface area contributed by atoms with Crippen LogP contribution in [0.3, 0.4) is 0 Å². The molecular formula is C7H13N5OS. The average molecular weight is 215 g/mol. The van der Waals surface area contributed by atoms with Crippen LogP contribution >= 0.6 is 12.2 Å². The Labute approximate surface area is 87.5 Å². The molecule has 14 heavy (non-hydrogen) atoms. The van der Waals surface area contributed by atoms with Crippen LogP contribution in [0, 0.1) is 0 Å². The predicted molar refractivity (Wildman–Crippen MR) is 57.9 cm³/mol. The summed E-state index contributed by atoms with van der Waals surface area (Å²) in [6, 6.07) is 0. The van der Waals surface area contributed by atoms with E-state index in [0.717, 1.165) is 13.1 Å². The van der Waals surface area contributed by atoms with Crippen LogP contribution in [0.1, 0.15) is 0 Å². The Balaban J connectivity index is 2.32. The molecule has 0 bridgehead atoms. The Morgan fingerprint density at radius 3 is 2.79 bits per heavy atom. The van der Waals surface area contributed by atoms with Gasteiger partial charge < -0.3 is 16.0 Å². The van der Waals surface area contributed by atoms with Gasteiger partial charge in [0, 0.05) is 26.2 Å². The highest BCUT2D eigenvalue weighted by Crippen LogP contribution is 1.90. The fourth-order valence-electron chi connectivity index (χ4n) is 1.12. The summed E-state index contributed by atoms with van der Waals surface area (Å²) in [6.07, 6.45) is 1.18. The van der Waals surface area contributed by atoms with E-state index in [9.17, 15) is 4.79 Å². The van der Waals surface area contributed by atoms with Crippen molar-refractivity contribution in [2.75, 3.05) is 26.2 Å². The summed E-state index contributed by atoms with van der Waals surface area (Å²) in [7, 11) is 0. The van der Waals surface area contributed by atoms with Gasteiger partial charge in [-0.2, -0.15) is 5.10 Å². The molecule has 0 aromatic heterocycles. The third-order valence-electron chi connectivity index (χ3n) is 1.78. The second-order valence-electron chi connectivity index (χ2n) is 2.81. The topological polar surface area (TPSA) is 82.7 Å². The van der Waals surface area contributed by atoms with Crippen molar-refractivity contribution < 1.29 is 4.79 Å². The molecule has 1 heterocycles. The molecule has 0 saturated carbocycles. The van der Waals surface area contributed by atoms with Crippen molar-refractivity contribution in [1.29, 1.82) is 0 Å². The zero-order valence-electron chi connectivity index (χ0n) is 7.69. The van der Waals surface area contributed by atoms with Crippen molar-refractivity contribution >= 4 is 29.5 Å². The van der Waals surface area contributed by atoms with Gasteiger partial charge in [-0.1, -0.05) is 0 Å². The Kier molecular flexibility index (Phi) is 4.27. The standard InChI is InChI=1S/C7H13N5OS/c8-7(14)11-10-5-6(13)12-3-1-9-2-4-12/h5,9H,1-4H2,(H3,8,11,14)/b10-5+. The zero-order valence-corrected chi connectivity index (χ0v) is 8.51. The third-order valence-corrected chi connectivity index (χ3v) is 1.87. The van der Waals surface area contributed by atoms with E-state index in [0.29, 0.717) is 13.1 Å². The lowest BCUT2D eigenvalue weighted by molar-refractivity contribution is -0.124. The van der Waals surface area contributed by atoms with Crippen molar-refractivity contribution in [3.63, 3.8) is 0 Å². The summed E-state index contributed by atoms with van der Waals surface area (Å²) in [5, 5.41) is 6.79. The Hall–Kier alpha value is -1.21. The van der Waals surface area contributed by atoms with Gasteiger partial charge in [0.2, 0.25) is 0 Å². The number of hydrazone groups is 1. The highest BCUT2D eigenvalue weighted by atomic mass is 32.1. The van der Waals surface area contributed by atoms with Gasteiger partial charge in [0.15, 0.2) is 5.11 Å². The van der Waals surface area contributed by atoms with Crippen molar-refractivity contribution in [1.82, 2.24) is 15.6 Å². The molecule has 1 saturated heterocycles. The van der Waals surface area contributed by atoms with Crippen LogP contribution in [0.5, 0.6) is 0 Å². The number of hydrogen-bond acceptors (Lipinski definition) is 4. The normalized spacial score (nSPS) is 17.0. The first-order chi connectivity index (χ1) is 6.70. The smallest absolute Gasteiger partial charge is 0.266 e. The van der Waals surface area contributed by atoms with Gasteiger partial charge in [-0.3, -0.25) is 10.2 Å². The first-order valence-corrected chi connectivity index (χ1v) is 4.69. The Bertz CT molecular complexity index is 248. The van der Waals surface area contributed by atoms with Crippen LogP contribution in [0.4, 0.5) is 0 Å². The number of carbonyl (C=O) groups is 1. The Morgan fingerprint density at radius 1 is 1.57 bits per heavy atom. The van der Waals surface area contributed by atoms with Crippen LogP contribution in [0.2, 0.25) is 0 Å². The molecular weight excluding hydrogens is 202 g/mol. The molecule has 0 aliphatic carbocycles. The highest BCUT2D eigenvalue weighted by molar-refractivity contribution is 7.80. The maximum absolute atomic E-state index is 11.4. The molecule has 0 atom stereocenters. The van der Waals surface area contributed by atoms with Crippen molar-refractivity contribution in [2.45, 2.75) is 0 Å². The molecule has 1 aliphatic rings. The molecule has 78 valence electrons. The molecule has 0 aromatic carbocycles. The number of amides is 1. The maximum atomic E-state index is 11.4. The van der Waals surface area contributed by atoms with Gasteiger partial charge in [0.25, 0.3) is 5.91 Å². The lowest BCUT2D eigenvalue weighted by Gasteiger charge is -2.25. The monoisotopic (exact) mass is 215 g/mol. The van der Waals surface area contributed by atoms with E-state index in [-0.39, 0.29) is 11.0 Å². The second-order valence-corrected chi connectivity index (χ2v) is 3.25. The molecule has 0 unspecified atom stereocenters. The minimum Gasteiger partial charge on any atom is -0.375 e. The van der Waals surface area contributed by atoms with Crippen LogP contribution in [-0.4, -0.2) is 48.3 Å². The number of hydrogen-bond donors (Lipinski definition) is 3. The molecule has 0 radical (unpaired) electrons. The number of piperazine rings is 1. The van der Waals surface area contributed by atoms with E-state index < -0.39 is 0 Å². The van der Waals surface area contributed by atoms with Gasteiger partial charge in [-0.15, -0.1) is 0 Å². The first-order valence-electron chi connectivity index (χ1n) is 4.28. The number of nitrogens with zero attached hydrogens (tertiary/aromatic N) is 2. The van der Waals surface area contributed by atoms with Crippen LogP contribution in [0.25, 0.3) is 0 Å². The van der Waals surface area contributed by atoms with E-state index in [1.54, 1.807) is 4.90 Å². The summed E-state index contributed by atoms with van der Waals surface area (Å²) < 4.78 is 0. The maximum Gasteiger partial charge on any atom is 0.266 e. The minimum atomic E-state index is -0.129. The van der Waals surface area contributed by atoms with Crippen LogP contribution in [0.15, 0.2) is 5.10 Å². The van der Waals surface area contributed by atoms with E-state index in [1.165, 1.54) is 6.21 Å². The number of carbonyl (C=O) groups excluding carboxylic acids is 1. The quantitative estimate of drug-likeness (QED) is 0.289. The van der Waals surface area contributed by atoms with Gasteiger partial charge >= 0.3 is 0 Å². The fraction of sp³-hybridized carbons (Fsp3) is 0.571. The van der Waals surface area contributed by atoms with Gasteiger partial charge in [0.1, 0.15) is 6.21 Å². The summed E-state index contributed by atoms with van der Waals surface area (Å²) in [5.41, 5.74) is 7.46. The third kappa shape index (κ3) is 3.67. The lowest BCUT2D eigenvalue weighted by Crippen LogP contribution is -2.47. The molecule has 1 amide bonds. The summed E-state index contributed by atoms with van der Waals surface area (Å²) >= 11 is 4.52. The summed E-state index contributed by atoms with van der Waals surface area (Å²) in [6.45, 7) is 3.06. The summed E-state index contributed by atoms with van der Waals surface area (Å²) in [5.74, 6) is -0.129. The molecule has 1 aliphatic heterocycles. The molecule has 4 N–H and O–H groups in total. The van der Waals surface area contributed by atoms with Crippen molar-refractivity contribution in [2.24, 2.45) is 10.8 Å². The van der Waals surface area contributed by atoms with Crippen molar-refractivity contribution in [3.8, 4) is 0 Å². The van der Waals surface area contributed by atoms with E-state index in [4.69, 9.17) is 5.73 Å². The fourth-order valence-corrected chi connectivity index (χ4v) is 1.17. The largest absolute Gasteiger partial charge is 0.375 e. The number of nitrogens with one attached hydrogen (secondary N) is 2. The molecule has 0 spiro atoms. The van der Waals surface area contributed by atoms with Crippen molar-refractivity contribution in [3.05, 3.63) is 0 Å². The Morgan fingerprint density at radius 2 is 2.21 bits per heavy atom. The second kappa shape index (κ2) is 5.51. The SMILES string of the molecule is NC(=S)N/N=C/C(=O)N1CCNCC1. The average Bonchev–Trinajstić information content (AvgIpc) is 2.18. The number of thiocarbonyl (C=S) groups is 1. The lowest BCUT2D eigenvalue weighted by atomic mass is 10.3. The number of nitrogens with two attached hydrogens (primary N) is 1. The van der Waals surface area contributed by atoms with Gasteiger partial charge in [-0.25, -0.2) is 0 Å². The van der Waals surface area contributed by atoms with Gasteiger partial charge in [0.05, 0.1) is 0 Å². The first kappa shape index (κ1) is 10.9. The summed E-state index contributed by atoms with van der Waals surface area (Å²) in [4.78, 5) is 13.1. The van der Waals surface area contributed by atoms with Gasteiger partial charge in [-0.05, 0) is 12.2 Å². The van der Waals surface area contributed by atoms with Crippen LogP contribution < -0.4 is 16.5 Å². The minimum absolute atomic E-state index is 0.0503. The van der Waals surface area contributed by atoms with Crippen LogP contribution in [-0.2, 0) is 4.79 Å². The molecule has 0 aromatic rings. The zero-order chi connectivity index (χ0) is 10.4. The molecule has 1 rings (SSSR count). The predicted octanol–water partition coefficient (Wildman–Crippen LogP) is -1.76. The number of rotatable bonds is 2. The van der Waals surface area contributed by atoms with E-state index >= 15 is 0 Å². The highest BCUT2D eigenvalue weighted by Gasteiger charge is 2.13. The van der Waals surface area contributed by atoms with E-state index in [2.05, 4.69) is 28.1 Å². The molecule has 1 fully saturated rings.